The van der Waals surface area contributed by atoms with E-state index in [1.165, 1.54) is 11.0 Å². The number of amides is 3. The van der Waals surface area contributed by atoms with Crippen LogP contribution in [0.5, 0.6) is 5.75 Å². The fourth-order valence-corrected chi connectivity index (χ4v) is 4.17. The SMILES string of the molecule is CCc1ccc(F)c(CNCCCC2CN(c3ccc4c(c3)NC(=O)CO4)C(=O)O2)c1NC=O. The maximum absolute atomic E-state index is 14.3. The Morgan fingerprint density at radius 3 is 2.91 bits per heavy atom. The molecule has 2 heterocycles. The second kappa shape index (κ2) is 10.5. The Morgan fingerprint density at radius 1 is 1.26 bits per heavy atom. The largest absolute Gasteiger partial charge is 0.482 e. The average molecular weight is 471 g/mol. The first-order valence-corrected chi connectivity index (χ1v) is 11.3. The fraction of sp³-hybridized carbons (Fsp3) is 0.375. The van der Waals surface area contributed by atoms with Crippen molar-refractivity contribution in [3.05, 3.63) is 47.3 Å². The van der Waals surface area contributed by atoms with Gasteiger partial charge in [-0.2, -0.15) is 0 Å². The van der Waals surface area contributed by atoms with Crippen LogP contribution >= 0.6 is 0 Å². The summed E-state index contributed by atoms with van der Waals surface area (Å²) in [7, 11) is 0. The van der Waals surface area contributed by atoms with Gasteiger partial charge in [-0.3, -0.25) is 14.5 Å². The number of carbonyl (C=O) groups excluding carboxylic acids is 3. The second-order valence-electron chi connectivity index (χ2n) is 8.13. The number of ether oxygens (including phenoxy) is 2. The summed E-state index contributed by atoms with van der Waals surface area (Å²) in [4.78, 5) is 36.4. The Bertz CT molecular complexity index is 1090. The van der Waals surface area contributed by atoms with E-state index < -0.39 is 6.09 Å². The molecule has 1 fully saturated rings. The van der Waals surface area contributed by atoms with Gasteiger partial charge in [0, 0.05) is 17.8 Å². The van der Waals surface area contributed by atoms with Crippen LogP contribution in [0.25, 0.3) is 0 Å². The predicted octanol–water partition coefficient (Wildman–Crippen LogP) is 3.18. The first kappa shape index (κ1) is 23.5. The number of rotatable bonds is 10. The van der Waals surface area contributed by atoms with Gasteiger partial charge in [-0.05, 0) is 55.6 Å². The van der Waals surface area contributed by atoms with Gasteiger partial charge < -0.3 is 25.4 Å². The van der Waals surface area contributed by atoms with Crippen molar-refractivity contribution in [1.82, 2.24) is 5.32 Å². The van der Waals surface area contributed by atoms with Crippen LogP contribution in [-0.4, -0.2) is 44.2 Å². The molecule has 2 aromatic carbocycles. The van der Waals surface area contributed by atoms with Crippen LogP contribution in [0.1, 0.15) is 30.9 Å². The van der Waals surface area contributed by atoms with E-state index >= 15 is 0 Å². The van der Waals surface area contributed by atoms with Gasteiger partial charge in [-0.25, -0.2) is 9.18 Å². The summed E-state index contributed by atoms with van der Waals surface area (Å²) in [6.45, 7) is 3.18. The number of aryl methyl sites for hydroxylation is 1. The molecule has 1 unspecified atom stereocenters. The Balaban J connectivity index is 1.28. The zero-order valence-corrected chi connectivity index (χ0v) is 18.9. The number of cyclic esters (lactones) is 1. The van der Waals surface area contributed by atoms with E-state index in [1.54, 1.807) is 24.3 Å². The van der Waals surface area contributed by atoms with Gasteiger partial charge in [0.2, 0.25) is 6.41 Å². The van der Waals surface area contributed by atoms with Crippen LogP contribution in [0.4, 0.5) is 26.2 Å². The first-order chi connectivity index (χ1) is 16.5. The van der Waals surface area contributed by atoms with Crippen LogP contribution in [-0.2, 0) is 27.3 Å². The number of carbonyl (C=O) groups is 3. The topological polar surface area (TPSA) is 109 Å². The average Bonchev–Trinajstić information content (AvgIpc) is 3.20. The molecule has 1 atom stereocenters. The Hall–Kier alpha value is -3.66. The third-order valence-corrected chi connectivity index (χ3v) is 5.89. The van der Waals surface area contributed by atoms with Crippen molar-refractivity contribution in [2.75, 3.05) is 35.2 Å². The van der Waals surface area contributed by atoms with Crippen LogP contribution in [0, 0.1) is 5.82 Å². The molecule has 0 bridgehead atoms. The lowest BCUT2D eigenvalue weighted by Crippen LogP contribution is -2.27. The minimum Gasteiger partial charge on any atom is -0.482 e. The van der Waals surface area contributed by atoms with E-state index in [0.29, 0.717) is 67.1 Å². The molecule has 180 valence electrons. The lowest BCUT2D eigenvalue weighted by atomic mass is 10.0. The van der Waals surface area contributed by atoms with Gasteiger partial charge in [0.25, 0.3) is 5.91 Å². The highest BCUT2D eigenvalue weighted by Gasteiger charge is 2.32. The van der Waals surface area contributed by atoms with Crippen molar-refractivity contribution < 1.29 is 28.2 Å². The normalized spacial score (nSPS) is 17.0. The summed E-state index contributed by atoms with van der Waals surface area (Å²) in [5, 5.41) is 8.55. The first-order valence-electron chi connectivity index (χ1n) is 11.3. The number of hydrogen-bond acceptors (Lipinski definition) is 6. The van der Waals surface area contributed by atoms with Gasteiger partial charge >= 0.3 is 6.09 Å². The number of anilines is 3. The summed E-state index contributed by atoms with van der Waals surface area (Å²) in [6, 6.07) is 8.26. The van der Waals surface area contributed by atoms with Crippen LogP contribution < -0.4 is 25.6 Å². The standard InChI is InChI=1S/C24H27FN4O5/c1-2-15-5-7-19(25)18(23(15)27-14-30)11-26-9-3-4-17-12-29(24(32)34-17)16-6-8-21-20(10-16)28-22(31)13-33-21/h5-8,10,14,17,26H,2-4,9,11-13H2,1H3,(H,27,30)(H,28,31). The minimum atomic E-state index is -0.441. The molecule has 3 amide bonds. The molecule has 0 spiro atoms. The van der Waals surface area contributed by atoms with E-state index in [-0.39, 0.29) is 31.0 Å². The zero-order valence-electron chi connectivity index (χ0n) is 18.9. The Labute approximate surface area is 196 Å². The number of nitrogens with zero attached hydrogens (tertiary/aromatic N) is 1. The smallest absolute Gasteiger partial charge is 0.414 e. The Morgan fingerprint density at radius 2 is 2.12 bits per heavy atom. The van der Waals surface area contributed by atoms with Crippen LogP contribution in [0.2, 0.25) is 0 Å². The molecule has 10 heteroatoms. The molecule has 0 aliphatic carbocycles. The number of nitrogens with one attached hydrogen (secondary N) is 3. The number of benzene rings is 2. The number of fused-ring (bicyclic) bond motifs is 1. The Kier molecular flexibility index (Phi) is 7.27. The van der Waals surface area contributed by atoms with Crippen molar-refractivity contribution in [3.63, 3.8) is 0 Å². The molecule has 34 heavy (non-hydrogen) atoms. The van der Waals surface area contributed by atoms with E-state index in [9.17, 15) is 18.8 Å². The van der Waals surface area contributed by atoms with Gasteiger partial charge in [-0.1, -0.05) is 13.0 Å². The molecule has 4 rings (SSSR count). The number of halogens is 1. The zero-order chi connectivity index (χ0) is 24.1. The van der Waals surface area contributed by atoms with Gasteiger partial charge in [0.05, 0.1) is 17.9 Å². The minimum absolute atomic E-state index is 0.0280. The predicted molar refractivity (Wildman–Crippen MR) is 125 cm³/mol. The highest BCUT2D eigenvalue weighted by atomic mass is 19.1. The maximum Gasteiger partial charge on any atom is 0.414 e. The van der Waals surface area contributed by atoms with Crippen molar-refractivity contribution >= 4 is 35.5 Å². The number of hydrogen-bond donors (Lipinski definition) is 3. The molecule has 3 N–H and O–H groups in total. The third kappa shape index (κ3) is 5.12. The summed E-state index contributed by atoms with van der Waals surface area (Å²) in [5.74, 6) is -0.0543. The maximum atomic E-state index is 14.3. The molecular formula is C24H27FN4O5. The van der Waals surface area contributed by atoms with Crippen molar-refractivity contribution in [2.24, 2.45) is 0 Å². The van der Waals surface area contributed by atoms with Gasteiger partial charge in [-0.15, -0.1) is 0 Å². The quantitative estimate of drug-likeness (QED) is 0.364. The molecule has 0 aromatic heterocycles. The summed E-state index contributed by atoms with van der Waals surface area (Å²) in [6.07, 6.45) is 1.87. The summed E-state index contributed by atoms with van der Waals surface area (Å²) in [5.41, 5.74) is 2.95. The van der Waals surface area contributed by atoms with E-state index in [4.69, 9.17) is 9.47 Å². The van der Waals surface area contributed by atoms with E-state index in [2.05, 4.69) is 16.0 Å². The monoisotopic (exact) mass is 470 g/mol. The van der Waals surface area contributed by atoms with Crippen LogP contribution in [0.15, 0.2) is 30.3 Å². The van der Waals surface area contributed by atoms with E-state index in [1.807, 2.05) is 6.92 Å². The van der Waals surface area contributed by atoms with Crippen molar-refractivity contribution in [2.45, 2.75) is 38.8 Å². The molecule has 2 aliphatic heterocycles. The third-order valence-electron chi connectivity index (χ3n) is 5.89. The second-order valence-corrected chi connectivity index (χ2v) is 8.13. The summed E-state index contributed by atoms with van der Waals surface area (Å²) >= 11 is 0. The lowest BCUT2D eigenvalue weighted by molar-refractivity contribution is -0.118. The summed E-state index contributed by atoms with van der Waals surface area (Å²) < 4.78 is 25.2. The van der Waals surface area contributed by atoms with Crippen LogP contribution in [0.3, 0.4) is 0 Å². The fourth-order valence-electron chi connectivity index (χ4n) is 4.17. The molecule has 1 saturated heterocycles. The van der Waals surface area contributed by atoms with E-state index in [0.717, 1.165) is 5.56 Å². The van der Waals surface area contributed by atoms with Gasteiger partial charge in [0.1, 0.15) is 17.7 Å². The van der Waals surface area contributed by atoms with Crippen molar-refractivity contribution in [3.8, 4) is 5.75 Å². The van der Waals surface area contributed by atoms with Gasteiger partial charge in [0.15, 0.2) is 6.61 Å². The van der Waals surface area contributed by atoms with Crippen molar-refractivity contribution in [1.29, 1.82) is 0 Å². The molecule has 0 saturated carbocycles. The lowest BCUT2D eigenvalue weighted by Gasteiger charge is -2.20. The molecule has 2 aromatic rings. The molecule has 0 radical (unpaired) electrons. The molecule has 2 aliphatic rings. The molecule has 9 nitrogen and oxygen atoms in total. The highest BCUT2D eigenvalue weighted by Crippen LogP contribution is 2.34. The molecular weight excluding hydrogens is 443 g/mol. The highest BCUT2D eigenvalue weighted by molar-refractivity contribution is 5.97.